The van der Waals surface area contributed by atoms with Crippen molar-refractivity contribution in [3.63, 3.8) is 0 Å². The van der Waals surface area contributed by atoms with Gasteiger partial charge in [-0.15, -0.1) is 0 Å². The van der Waals surface area contributed by atoms with Crippen LogP contribution in [0.15, 0.2) is 29.1 Å². The zero-order valence-corrected chi connectivity index (χ0v) is 13.1. The van der Waals surface area contributed by atoms with E-state index in [1.54, 1.807) is 21.1 Å². The molecule has 3 rings (SSSR count). The average Bonchev–Trinajstić information content (AvgIpc) is 2.95. The summed E-state index contributed by atoms with van der Waals surface area (Å²) in [4.78, 5) is 20.3. The van der Waals surface area contributed by atoms with Crippen LogP contribution in [0.25, 0.3) is 5.78 Å². The number of aromatic amines is 1. The van der Waals surface area contributed by atoms with Crippen LogP contribution < -0.4 is 20.3 Å². The van der Waals surface area contributed by atoms with Crippen molar-refractivity contribution in [1.29, 1.82) is 0 Å². The first kappa shape index (κ1) is 14.9. The van der Waals surface area contributed by atoms with E-state index in [2.05, 4.69) is 20.4 Å². The monoisotopic (exact) mass is 315 g/mol. The molecule has 8 nitrogen and oxygen atoms in total. The highest BCUT2D eigenvalue weighted by Gasteiger charge is 2.08. The normalized spacial score (nSPS) is 10.7. The van der Waals surface area contributed by atoms with Crippen molar-refractivity contribution in [3.8, 4) is 11.5 Å². The molecular formula is C15H17N5O3. The Hall–Kier alpha value is -3.03. The molecule has 0 spiro atoms. The number of nitrogens with one attached hydrogen (secondary N) is 2. The molecule has 3 aromatic rings. The third kappa shape index (κ3) is 2.96. The van der Waals surface area contributed by atoms with E-state index in [1.165, 1.54) is 10.6 Å². The van der Waals surface area contributed by atoms with Gasteiger partial charge in [-0.3, -0.25) is 9.89 Å². The predicted octanol–water partition coefficient (Wildman–Crippen LogP) is 1.36. The van der Waals surface area contributed by atoms with Gasteiger partial charge < -0.3 is 14.8 Å². The topological polar surface area (TPSA) is 93.5 Å². The molecule has 1 aromatic carbocycles. The van der Waals surface area contributed by atoms with E-state index < -0.39 is 0 Å². The summed E-state index contributed by atoms with van der Waals surface area (Å²) >= 11 is 0. The zero-order chi connectivity index (χ0) is 16.4. The van der Waals surface area contributed by atoms with Crippen LogP contribution in [-0.2, 0) is 6.54 Å². The van der Waals surface area contributed by atoms with E-state index in [0.717, 1.165) is 5.56 Å². The highest BCUT2D eigenvalue weighted by molar-refractivity contribution is 5.44. The van der Waals surface area contributed by atoms with Crippen molar-refractivity contribution in [2.24, 2.45) is 0 Å². The number of rotatable bonds is 5. The van der Waals surface area contributed by atoms with Gasteiger partial charge in [0.15, 0.2) is 11.5 Å². The molecule has 0 saturated heterocycles. The molecule has 0 aliphatic rings. The van der Waals surface area contributed by atoms with Gasteiger partial charge in [0.25, 0.3) is 11.3 Å². The highest BCUT2D eigenvalue weighted by atomic mass is 16.5. The zero-order valence-electron chi connectivity index (χ0n) is 13.1. The standard InChI is InChI=1S/C15H17N5O3/c1-9-6-13(21)20-15(17-9)18-14(19-20)16-8-10-4-5-11(22-2)12(7-10)23-3/h4-7H,8H2,1-3H3,(H2,16,17,18,19). The molecule has 0 fully saturated rings. The van der Waals surface area contributed by atoms with Crippen molar-refractivity contribution in [2.75, 3.05) is 19.5 Å². The molecule has 2 aromatic heterocycles. The van der Waals surface area contributed by atoms with Crippen LogP contribution in [0, 0.1) is 6.92 Å². The largest absolute Gasteiger partial charge is 0.493 e. The number of methoxy groups -OCH3 is 2. The summed E-state index contributed by atoms with van der Waals surface area (Å²) in [6, 6.07) is 7.09. The van der Waals surface area contributed by atoms with E-state index in [1.807, 2.05) is 18.2 Å². The second-order valence-electron chi connectivity index (χ2n) is 4.99. The van der Waals surface area contributed by atoms with Gasteiger partial charge in [-0.2, -0.15) is 9.50 Å². The summed E-state index contributed by atoms with van der Waals surface area (Å²) < 4.78 is 11.8. The summed E-state index contributed by atoms with van der Waals surface area (Å²) in [7, 11) is 3.19. The van der Waals surface area contributed by atoms with E-state index in [9.17, 15) is 4.79 Å². The summed E-state index contributed by atoms with van der Waals surface area (Å²) in [5, 5.41) is 6.00. The van der Waals surface area contributed by atoms with Crippen LogP contribution in [0.4, 0.5) is 5.95 Å². The Labute approximate surface area is 132 Å². The molecule has 2 N–H and O–H groups in total. The van der Waals surface area contributed by atoms with Gasteiger partial charge in [0.2, 0.25) is 5.95 Å². The first-order chi connectivity index (χ1) is 11.1. The van der Waals surface area contributed by atoms with Gasteiger partial charge in [0.05, 0.1) is 14.2 Å². The minimum Gasteiger partial charge on any atom is -0.493 e. The van der Waals surface area contributed by atoms with Crippen LogP contribution >= 0.6 is 0 Å². The Balaban J connectivity index is 1.81. The van der Waals surface area contributed by atoms with Crippen molar-refractivity contribution >= 4 is 11.7 Å². The van der Waals surface area contributed by atoms with Crippen LogP contribution in [0.2, 0.25) is 0 Å². The van der Waals surface area contributed by atoms with Gasteiger partial charge in [0, 0.05) is 18.3 Å². The highest BCUT2D eigenvalue weighted by Crippen LogP contribution is 2.27. The third-order valence-electron chi connectivity index (χ3n) is 3.37. The van der Waals surface area contributed by atoms with Crippen LogP contribution in [-0.4, -0.2) is 33.8 Å². The molecule has 2 heterocycles. The summed E-state index contributed by atoms with van der Waals surface area (Å²) in [6.07, 6.45) is 0. The number of aryl methyl sites for hydroxylation is 1. The van der Waals surface area contributed by atoms with Crippen LogP contribution in [0.3, 0.4) is 0 Å². The predicted molar refractivity (Wildman–Crippen MR) is 85.2 cm³/mol. The number of anilines is 1. The first-order valence-electron chi connectivity index (χ1n) is 7.02. The minimum absolute atomic E-state index is 0.195. The summed E-state index contributed by atoms with van der Waals surface area (Å²) in [5.41, 5.74) is 1.42. The van der Waals surface area contributed by atoms with Crippen molar-refractivity contribution in [2.45, 2.75) is 13.5 Å². The Morgan fingerprint density at radius 1 is 1.17 bits per heavy atom. The Kier molecular flexibility index (Phi) is 3.88. The van der Waals surface area contributed by atoms with E-state index in [-0.39, 0.29) is 5.56 Å². The molecule has 8 heteroatoms. The Morgan fingerprint density at radius 3 is 2.70 bits per heavy atom. The molecule has 0 saturated carbocycles. The first-order valence-corrected chi connectivity index (χ1v) is 7.02. The number of H-pyrrole nitrogens is 1. The fourth-order valence-corrected chi connectivity index (χ4v) is 2.25. The van der Waals surface area contributed by atoms with Crippen molar-refractivity contribution < 1.29 is 9.47 Å². The maximum atomic E-state index is 11.8. The van der Waals surface area contributed by atoms with Gasteiger partial charge in [-0.1, -0.05) is 6.07 Å². The van der Waals surface area contributed by atoms with Gasteiger partial charge in [-0.05, 0) is 24.6 Å². The molecule has 0 radical (unpaired) electrons. The fourth-order valence-electron chi connectivity index (χ4n) is 2.25. The molecule has 23 heavy (non-hydrogen) atoms. The molecule has 0 unspecified atom stereocenters. The number of hydrogen-bond acceptors (Lipinski definition) is 6. The second-order valence-corrected chi connectivity index (χ2v) is 4.99. The number of hydrogen-bond donors (Lipinski definition) is 2. The Bertz CT molecular complexity index is 900. The number of ether oxygens (including phenoxy) is 2. The second kappa shape index (κ2) is 5.99. The lowest BCUT2D eigenvalue weighted by atomic mass is 10.2. The molecule has 0 atom stereocenters. The third-order valence-corrected chi connectivity index (χ3v) is 3.37. The van der Waals surface area contributed by atoms with E-state index in [0.29, 0.717) is 35.5 Å². The molecule has 0 amide bonds. The molecule has 0 aliphatic carbocycles. The molecule has 0 bridgehead atoms. The van der Waals surface area contributed by atoms with Crippen molar-refractivity contribution in [3.05, 3.63) is 45.9 Å². The quantitative estimate of drug-likeness (QED) is 0.738. The number of fused-ring (bicyclic) bond motifs is 1. The van der Waals surface area contributed by atoms with Crippen LogP contribution in [0.1, 0.15) is 11.3 Å². The molecular weight excluding hydrogens is 298 g/mol. The number of nitrogens with zero attached hydrogens (tertiary/aromatic N) is 3. The van der Waals surface area contributed by atoms with E-state index in [4.69, 9.17) is 9.47 Å². The fraction of sp³-hybridized carbons (Fsp3) is 0.267. The maximum absolute atomic E-state index is 11.8. The van der Waals surface area contributed by atoms with Crippen molar-refractivity contribution in [1.82, 2.24) is 19.6 Å². The average molecular weight is 315 g/mol. The van der Waals surface area contributed by atoms with Gasteiger partial charge in [-0.25, -0.2) is 4.98 Å². The smallest absolute Gasteiger partial charge is 0.274 e. The number of aromatic nitrogens is 4. The molecule has 120 valence electrons. The maximum Gasteiger partial charge on any atom is 0.274 e. The lowest BCUT2D eigenvalue weighted by Gasteiger charge is -2.09. The van der Waals surface area contributed by atoms with E-state index >= 15 is 0 Å². The minimum atomic E-state index is -0.195. The Morgan fingerprint density at radius 2 is 1.96 bits per heavy atom. The summed E-state index contributed by atoms with van der Waals surface area (Å²) in [6.45, 7) is 2.26. The lowest BCUT2D eigenvalue weighted by molar-refractivity contribution is 0.354. The van der Waals surface area contributed by atoms with Gasteiger partial charge >= 0.3 is 0 Å². The summed E-state index contributed by atoms with van der Waals surface area (Å²) in [5.74, 6) is 2.14. The SMILES string of the molecule is COc1ccc(CNc2nc3nc(C)cc(=O)n3[nH]2)cc1OC. The van der Waals surface area contributed by atoms with Gasteiger partial charge in [0.1, 0.15) is 0 Å². The lowest BCUT2D eigenvalue weighted by Crippen LogP contribution is -2.14. The molecule has 0 aliphatic heterocycles. The van der Waals surface area contributed by atoms with Crippen LogP contribution in [0.5, 0.6) is 11.5 Å². The number of benzene rings is 1.